The molecule has 0 saturated carbocycles. The first-order valence-corrected chi connectivity index (χ1v) is 9.63. The third-order valence-electron chi connectivity index (χ3n) is 5.89. The normalized spacial score (nSPS) is 20.3. The first-order chi connectivity index (χ1) is 13.7. The van der Waals surface area contributed by atoms with Gasteiger partial charge in [0.05, 0.1) is 18.4 Å². The van der Waals surface area contributed by atoms with E-state index in [4.69, 9.17) is 4.74 Å². The van der Waals surface area contributed by atoms with Gasteiger partial charge in [-0.2, -0.15) is 0 Å². The summed E-state index contributed by atoms with van der Waals surface area (Å²) in [5, 5.41) is 3.73. The Labute approximate surface area is 164 Å². The second kappa shape index (κ2) is 6.41. The Morgan fingerprint density at radius 1 is 0.929 bits per heavy atom. The molecule has 3 aromatic carbocycles. The maximum absolute atomic E-state index is 13.7. The van der Waals surface area contributed by atoms with Gasteiger partial charge in [-0.15, -0.1) is 0 Å². The van der Waals surface area contributed by atoms with Gasteiger partial charge < -0.3 is 10.1 Å². The lowest BCUT2D eigenvalue weighted by Crippen LogP contribution is -2.63. The molecule has 0 aromatic heterocycles. The number of methoxy groups -OCH3 is 1. The minimum atomic E-state index is -0.519. The highest BCUT2D eigenvalue weighted by atomic mass is 16.5. The van der Waals surface area contributed by atoms with Gasteiger partial charge in [0.15, 0.2) is 0 Å². The van der Waals surface area contributed by atoms with Crippen molar-refractivity contribution in [3.05, 3.63) is 89.5 Å². The molecule has 0 saturated heterocycles. The first kappa shape index (κ1) is 16.9. The van der Waals surface area contributed by atoms with Gasteiger partial charge in [-0.1, -0.05) is 48.5 Å². The van der Waals surface area contributed by atoms with E-state index in [1.165, 1.54) is 11.1 Å². The van der Waals surface area contributed by atoms with Crippen molar-refractivity contribution in [2.45, 2.75) is 24.9 Å². The number of carbonyl (C=O) groups is 1. The zero-order valence-corrected chi connectivity index (χ0v) is 15.8. The molecule has 0 fully saturated rings. The Morgan fingerprint density at radius 3 is 2.50 bits per heavy atom. The number of nitrogens with zero attached hydrogens (tertiary/aromatic N) is 1. The van der Waals surface area contributed by atoms with Gasteiger partial charge in [0.1, 0.15) is 11.4 Å². The molecule has 140 valence electrons. The molecule has 2 aliphatic rings. The van der Waals surface area contributed by atoms with Crippen LogP contribution in [0.3, 0.4) is 0 Å². The van der Waals surface area contributed by atoms with Crippen LogP contribution in [0, 0.1) is 0 Å². The molecule has 1 heterocycles. The van der Waals surface area contributed by atoms with Crippen molar-refractivity contribution < 1.29 is 9.53 Å². The molecule has 4 nitrogen and oxygen atoms in total. The van der Waals surface area contributed by atoms with Crippen LogP contribution in [-0.2, 0) is 12.8 Å². The minimum Gasteiger partial charge on any atom is -0.495 e. The number of benzene rings is 3. The minimum absolute atomic E-state index is 0.0123. The second-order valence-corrected chi connectivity index (χ2v) is 7.46. The number of nitrogens with one attached hydrogen (secondary N) is 1. The molecule has 5 rings (SSSR count). The fraction of sp³-hybridized carbons (Fsp3) is 0.208. The number of ether oxygens (including phenoxy) is 1. The first-order valence-electron chi connectivity index (χ1n) is 9.63. The van der Waals surface area contributed by atoms with E-state index in [-0.39, 0.29) is 5.91 Å². The number of hydrogen-bond donors (Lipinski definition) is 1. The molecule has 3 aromatic rings. The number of aryl methyl sites for hydroxylation is 1. The Hall–Kier alpha value is -3.27. The Morgan fingerprint density at radius 2 is 1.64 bits per heavy atom. The van der Waals surface area contributed by atoms with Gasteiger partial charge in [-0.3, -0.25) is 9.69 Å². The van der Waals surface area contributed by atoms with Crippen LogP contribution < -0.4 is 15.0 Å². The number of anilines is 2. The molecule has 0 unspecified atom stereocenters. The molecule has 4 heteroatoms. The number of carbonyl (C=O) groups excluding carboxylic acids is 1. The van der Waals surface area contributed by atoms with E-state index >= 15 is 0 Å². The second-order valence-electron chi connectivity index (χ2n) is 7.46. The SMILES string of the molecule is COc1ccccc1N1C(=O)c2ccccc2N[C@@]12CCc1ccccc1C2. The van der Waals surface area contributed by atoms with Crippen molar-refractivity contribution in [1.82, 2.24) is 0 Å². The van der Waals surface area contributed by atoms with Crippen LogP contribution >= 0.6 is 0 Å². The topological polar surface area (TPSA) is 41.6 Å². The maximum atomic E-state index is 13.7. The average molecular weight is 370 g/mol. The third kappa shape index (κ3) is 2.48. The number of fused-ring (bicyclic) bond motifs is 2. The van der Waals surface area contributed by atoms with Crippen molar-refractivity contribution >= 4 is 17.3 Å². The Bertz CT molecular complexity index is 1060. The van der Waals surface area contributed by atoms with Gasteiger partial charge in [0, 0.05) is 12.1 Å². The molecule has 1 N–H and O–H groups in total. The van der Waals surface area contributed by atoms with E-state index in [9.17, 15) is 4.79 Å². The van der Waals surface area contributed by atoms with Gasteiger partial charge in [-0.25, -0.2) is 0 Å². The molecule has 1 atom stereocenters. The van der Waals surface area contributed by atoms with Crippen molar-refractivity contribution in [2.75, 3.05) is 17.3 Å². The Balaban J connectivity index is 1.71. The summed E-state index contributed by atoms with van der Waals surface area (Å²) >= 11 is 0. The lowest BCUT2D eigenvalue weighted by molar-refractivity contribution is 0.0947. The predicted molar refractivity (Wildman–Crippen MR) is 111 cm³/mol. The lowest BCUT2D eigenvalue weighted by atomic mass is 9.80. The molecule has 28 heavy (non-hydrogen) atoms. The summed E-state index contributed by atoms with van der Waals surface area (Å²) < 4.78 is 5.62. The highest BCUT2D eigenvalue weighted by molar-refractivity contribution is 6.13. The monoisotopic (exact) mass is 370 g/mol. The van der Waals surface area contributed by atoms with E-state index in [2.05, 4.69) is 29.6 Å². The summed E-state index contributed by atoms with van der Waals surface area (Å²) in [7, 11) is 1.65. The quantitative estimate of drug-likeness (QED) is 0.714. The highest BCUT2D eigenvalue weighted by Gasteiger charge is 2.48. The van der Waals surface area contributed by atoms with E-state index in [0.29, 0.717) is 11.3 Å². The summed E-state index contributed by atoms with van der Waals surface area (Å²) in [6.07, 6.45) is 2.51. The molecule has 0 radical (unpaired) electrons. The van der Waals surface area contributed by atoms with E-state index in [1.54, 1.807) is 7.11 Å². The molecule has 1 spiro atoms. The van der Waals surface area contributed by atoms with Crippen LogP contribution in [-0.4, -0.2) is 18.7 Å². The van der Waals surface area contributed by atoms with Gasteiger partial charge in [-0.05, 0) is 48.2 Å². The van der Waals surface area contributed by atoms with Gasteiger partial charge in [0.2, 0.25) is 0 Å². The highest BCUT2D eigenvalue weighted by Crippen LogP contribution is 2.44. The van der Waals surface area contributed by atoms with Crippen LogP contribution in [0.25, 0.3) is 0 Å². The van der Waals surface area contributed by atoms with Crippen molar-refractivity contribution in [2.24, 2.45) is 0 Å². The molecular formula is C24H22N2O2. The molecular weight excluding hydrogens is 348 g/mol. The number of amides is 1. The van der Waals surface area contributed by atoms with Crippen molar-refractivity contribution in [3.8, 4) is 5.75 Å². The largest absolute Gasteiger partial charge is 0.495 e. The molecule has 0 bridgehead atoms. The number of para-hydroxylation sites is 3. The van der Waals surface area contributed by atoms with E-state index < -0.39 is 5.66 Å². The number of rotatable bonds is 2. The summed E-state index contributed by atoms with van der Waals surface area (Å²) in [5.74, 6) is 0.716. The fourth-order valence-corrected chi connectivity index (χ4v) is 4.57. The standard InChI is InChI=1S/C24H22N2O2/c1-28-22-13-7-6-12-21(22)26-23(27)19-10-4-5-11-20(19)25-24(26)15-14-17-8-2-3-9-18(17)16-24/h2-13,25H,14-16H2,1H3/t24-/m0/s1. The van der Waals surface area contributed by atoms with Crippen molar-refractivity contribution in [3.63, 3.8) is 0 Å². The van der Waals surface area contributed by atoms with Crippen LogP contribution in [0.5, 0.6) is 5.75 Å². The predicted octanol–water partition coefficient (Wildman–Crippen LogP) is 4.65. The van der Waals surface area contributed by atoms with Gasteiger partial charge in [0.25, 0.3) is 5.91 Å². The zero-order chi connectivity index (χ0) is 19.1. The van der Waals surface area contributed by atoms with Gasteiger partial charge >= 0.3 is 0 Å². The van der Waals surface area contributed by atoms with Crippen LogP contribution in [0.15, 0.2) is 72.8 Å². The third-order valence-corrected chi connectivity index (χ3v) is 5.89. The fourth-order valence-electron chi connectivity index (χ4n) is 4.57. The lowest BCUT2D eigenvalue weighted by Gasteiger charge is -2.51. The smallest absolute Gasteiger partial charge is 0.262 e. The average Bonchev–Trinajstić information content (AvgIpc) is 2.74. The summed E-state index contributed by atoms with van der Waals surface area (Å²) in [4.78, 5) is 15.6. The van der Waals surface area contributed by atoms with Crippen LogP contribution in [0.2, 0.25) is 0 Å². The molecule has 1 amide bonds. The van der Waals surface area contributed by atoms with Crippen LogP contribution in [0.4, 0.5) is 11.4 Å². The Kier molecular flexibility index (Phi) is 3.86. The zero-order valence-electron chi connectivity index (χ0n) is 15.8. The van der Waals surface area contributed by atoms with E-state index in [1.807, 2.05) is 53.4 Å². The molecule has 1 aliphatic heterocycles. The van der Waals surface area contributed by atoms with Crippen molar-refractivity contribution in [1.29, 1.82) is 0 Å². The number of hydrogen-bond acceptors (Lipinski definition) is 3. The molecule has 1 aliphatic carbocycles. The summed E-state index contributed by atoms with van der Waals surface area (Å²) in [6.45, 7) is 0. The summed E-state index contributed by atoms with van der Waals surface area (Å²) in [5.41, 5.74) is 4.52. The summed E-state index contributed by atoms with van der Waals surface area (Å²) in [6, 6.07) is 24.0. The van der Waals surface area contributed by atoms with Crippen LogP contribution in [0.1, 0.15) is 27.9 Å². The maximum Gasteiger partial charge on any atom is 0.262 e. The van der Waals surface area contributed by atoms with E-state index in [0.717, 1.165) is 30.6 Å².